The first-order valence-corrected chi connectivity index (χ1v) is 7.71. The Bertz CT molecular complexity index is 306. The summed E-state index contributed by atoms with van der Waals surface area (Å²) >= 11 is 0. The van der Waals surface area contributed by atoms with E-state index in [0.29, 0.717) is 0 Å². The number of allylic oxidation sites excluding steroid dienone is 2. The van der Waals surface area contributed by atoms with Crippen LogP contribution >= 0.6 is 0 Å². The molecule has 3 heteroatoms. The van der Waals surface area contributed by atoms with Gasteiger partial charge in [-0.15, -0.1) is 24.2 Å². The SMILES string of the molecule is CC(C)(C)[N-]CC1C2C=CC(C2)C1C[N-]C(C)(C)C.[Co+2]. The van der Waals surface area contributed by atoms with Crippen molar-refractivity contribution in [2.45, 2.75) is 59.0 Å². The zero-order chi connectivity index (χ0) is 14.3. The summed E-state index contributed by atoms with van der Waals surface area (Å²) in [4.78, 5) is 0. The standard InChI is InChI=1S/C17H30N2.Co/c1-16(2,3)18-10-14-12-7-8-13(9-12)15(14)11-19-17(4,5)6;/h7-8,12-15H,9-11H2,1-6H3;/q-2;+2. The smallest absolute Gasteiger partial charge is 0.657 e. The fourth-order valence-corrected chi connectivity index (χ4v) is 3.33. The Balaban J connectivity index is 0.00000200. The Morgan fingerprint density at radius 2 is 1.15 bits per heavy atom. The van der Waals surface area contributed by atoms with Gasteiger partial charge >= 0.3 is 16.8 Å². The van der Waals surface area contributed by atoms with Gasteiger partial charge in [0, 0.05) is 0 Å². The molecule has 2 bridgehead atoms. The minimum Gasteiger partial charge on any atom is -0.657 e. The van der Waals surface area contributed by atoms with Crippen LogP contribution in [0.3, 0.4) is 0 Å². The Morgan fingerprint density at radius 1 is 0.800 bits per heavy atom. The summed E-state index contributed by atoms with van der Waals surface area (Å²) in [6.45, 7) is 15.2. The summed E-state index contributed by atoms with van der Waals surface area (Å²) in [7, 11) is 0. The first-order valence-electron chi connectivity index (χ1n) is 7.71. The molecule has 4 unspecified atom stereocenters. The average molecular weight is 321 g/mol. The Hall–Kier alpha value is 0.166. The second-order valence-electron chi connectivity index (χ2n) is 8.30. The largest absolute Gasteiger partial charge is 2.00 e. The van der Waals surface area contributed by atoms with Crippen LogP contribution in [0.4, 0.5) is 0 Å². The zero-order valence-corrected chi connectivity index (χ0v) is 14.9. The van der Waals surface area contributed by atoms with Gasteiger partial charge in [-0.2, -0.15) is 0 Å². The maximum absolute atomic E-state index is 4.88. The van der Waals surface area contributed by atoms with Crippen LogP contribution < -0.4 is 0 Å². The molecular weight excluding hydrogens is 291 g/mol. The fourth-order valence-electron chi connectivity index (χ4n) is 3.33. The number of nitrogens with zero attached hydrogens (tertiary/aromatic N) is 2. The molecule has 0 amide bonds. The minimum atomic E-state index is 0. The molecule has 20 heavy (non-hydrogen) atoms. The molecule has 0 aromatic rings. The van der Waals surface area contributed by atoms with Crippen molar-refractivity contribution in [3.05, 3.63) is 22.8 Å². The van der Waals surface area contributed by atoms with Gasteiger partial charge in [0.05, 0.1) is 0 Å². The molecule has 0 N–H and O–H groups in total. The second-order valence-corrected chi connectivity index (χ2v) is 8.30. The molecule has 2 aliphatic rings. The number of hydrogen-bond acceptors (Lipinski definition) is 0. The topological polar surface area (TPSA) is 28.2 Å². The number of rotatable bonds is 4. The third kappa shape index (κ3) is 4.87. The van der Waals surface area contributed by atoms with Crippen LogP contribution in [0.5, 0.6) is 0 Å². The number of fused-ring (bicyclic) bond motifs is 2. The molecule has 117 valence electrons. The summed E-state index contributed by atoms with van der Waals surface area (Å²) in [5.41, 5.74) is 0.189. The van der Waals surface area contributed by atoms with Crippen LogP contribution in [0.15, 0.2) is 12.2 Å². The molecule has 0 heterocycles. The van der Waals surface area contributed by atoms with Gasteiger partial charge in [-0.05, 0) is 18.3 Å². The van der Waals surface area contributed by atoms with E-state index in [1.165, 1.54) is 6.42 Å². The molecule has 0 aromatic carbocycles. The van der Waals surface area contributed by atoms with Crippen molar-refractivity contribution < 1.29 is 16.8 Å². The molecule has 1 saturated carbocycles. The summed E-state index contributed by atoms with van der Waals surface area (Å²) in [5.74, 6) is 2.97. The van der Waals surface area contributed by atoms with Crippen molar-refractivity contribution in [2.24, 2.45) is 23.7 Å². The van der Waals surface area contributed by atoms with E-state index in [1.807, 2.05) is 0 Å². The van der Waals surface area contributed by atoms with Gasteiger partial charge in [0.25, 0.3) is 0 Å². The molecule has 4 atom stereocenters. The molecule has 2 rings (SSSR count). The summed E-state index contributed by atoms with van der Waals surface area (Å²) in [6.07, 6.45) is 6.21. The van der Waals surface area contributed by atoms with Crippen molar-refractivity contribution in [3.63, 3.8) is 0 Å². The maximum atomic E-state index is 4.88. The summed E-state index contributed by atoms with van der Waals surface area (Å²) in [5, 5.41) is 9.75. The van der Waals surface area contributed by atoms with Gasteiger partial charge in [0.2, 0.25) is 0 Å². The van der Waals surface area contributed by atoms with E-state index in [-0.39, 0.29) is 27.9 Å². The van der Waals surface area contributed by atoms with Gasteiger partial charge in [-0.25, -0.2) is 0 Å². The van der Waals surface area contributed by atoms with Crippen LogP contribution in [0.1, 0.15) is 48.0 Å². The molecule has 1 fully saturated rings. The van der Waals surface area contributed by atoms with Crippen molar-refractivity contribution in [1.82, 2.24) is 0 Å². The quantitative estimate of drug-likeness (QED) is 0.668. The van der Waals surface area contributed by atoms with E-state index in [0.717, 1.165) is 36.8 Å². The fraction of sp³-hybridized carbons (Fsp3) is 0.882. The molecule has 2 aliphatic carbocycles. The molecule has 0 aliphatic heterocycles. The zero-order valence-electron chi connectivity index (χ0n) is 13.8. The molecule has 0 spiro atoms. The molecular formula is C17H30CoN2. The van der Waals surface area contributed by atoms with Crippen LogP contribution in [0.25, 0.3) is 10.6 Å². The van der Waals surface area contributed by atoms with E-state index in [4.69, 9.17) is 10.6 Å². The Morgan fingerprint density at radius 3 is 1.45 bits per heavy atom. The molecule has 2 nitrogen and oxygen atoms in total. The molecule has 0 aromatic heterocycles. The van der Waals surface area contributed by atoms with Gasteiger partial charge in [-0.3, -0.25) is 0 Å². The Kier molecular flexibility index (Phi) is 5.93. The van der Waals surface area contributed by atoms with Gasteiger partial charge in [0.1, 0.15) is 0 Å². The van der Waals surface area contributed by atoms with E-state index >= 15 is 0 Å². The van der Waals surface area contributed by atoms with E-state index in [9.17, 15) is 0 Å². The van der Waals surface area contributed by atoms with Crippen molar-refractivity contribution in [2.75, 3.05) is 13.1 Å². The van der Waals surface area contributed by atoms with Crippen LogP contribution in [-0.4, -0.2) is 24.2 Å². The van der Waals surface area contributed by atoms with Crippen molar-refractivity contribution >= 4 is 0 Å². The molecule has 0 saturated heterocycles. The van der Waals surface area contributed by atoms with E-state index in [2.05, 4.69) is 53.7 Å². The van der Waals surface area contributed by atoms with Crippen molar-refractivity contribution in [3.8, 4) is 0 Å². The van der Waals surface area contributed by atoms with Gasteiger partial charge in [-0.1, -0.05) is 65.5 Å². The first-order chi connectivity index (χ1) is 8.66. The average Bonchev–Trinajstić information content (AvgIpc) is 2.81. The Labute approximate surface area is 135 Å². The van der Waals surface area contributed by atoms with E-state index in [1.54, 1.807) is 0 Å². The third-order valence-corrected chi connectivity index (χ3v) is 4.35. The predicted molar refractivity (Wildman–Crippen MR) is 83.7 cm³/mol. The monoisotopic (exact) mass is 321 g/mol. The van der Waals surface area contributed by atoms with Crippen molar-refractivity contribution in [1.29, 1.82) is 0 Å². The number of hydrogen-bond donors (Lipinski definition) is 0. The predicted octanol–water partition coefficient (Wildman–Crippen LogP) is 4.77. The normalized spacial score (nSPS) is 32.5. The summed E-state index contributed by atoms with van der Waals surface area (Å²) in [6, 6.07) is 0. The maximum Gasteiger partial charge on any atom is 2.00 e. The van der Waals surface area contributed by atoms with Crippen LogP contribution in [0, 0.1) is 23.7 Å². The van der Waals surface area contributed by atoms with Crippen LogP contribution in [0.2, 0.25) is 0 Å². The second kappa shape index (κ2) is 6.51. The molecule has 1 radical (unpaired) electrons. The van der Waals surface area contributed by atoms with E-state index < -0.39 is 0 Å². The van der Waals surface area contributed by atoms with Gasteiger partial charge in [0.15, 0.2) is 0 Å². The van der Waals surface area contributed by atoms with Crippen LogP contribution in [-0.2, 0) is 16.8 Å². The minimum absolute atomic E-state index is 0. The first kappa shape index (κ1) is 18.2. The summed E-state index contributed by atoms with van der Waals surface area (Å²) < 4.78 is 0. The van der Waals surface area contributed by atoms with Gasteiger partial charge < -0.3 is 10.6 Å². The third-order valence-electron chi connectivity index (χ3n) is 4.35.